The highest BCUT2D eigenvalue weighted by molar-refractivity contribution is 5.85. The fourth-order valence-electron chi connectivity index (χ4n) is 4.29. The topological polar surface area (TPSA) is 18.8 Å². The first-order chi connectivity index (χ1) is 17.7. The number of hydrogen-bond donors (Lipinski definition) is 0. The largest absolute Gasteiger partial charge is 0.310 e. The van der Waals surface area contributed by atoms with E-state index in [2.05, 4.69) is 116 Å². The zero-order valence-electron chi connectivity index (χ0n) is 20.6. The van der Waals surface area contributed by atoms with Crippen LogP contribution in [0.3, 0.4) is 0 Å². The van der Waals surface area contributed by atoms with Crippen LogP contribution in [0.1, 0.15) is 16.7 Å². The minimum Gasteiger partial charge on any atom is -0.310 e. The molecular formula is C33H29N3. The highest BCUT2D eigenvalue weighted by Crippen LogP contribution is 2.38. The number of hydrazone groups is 1. The number of rotatable bonds is 7. The van der Waals surface area contributed by atoms with Gasteiger partial charge in [-0.1, -0.05) is 84.9 Å². The Hall–Kier alpha value is -4.63. The Morgan fingerprint density at radius 2 is 0.917 bits per heavy atom. The van der Waals surface area contributed by atoms with Gasteiger partial charge in [-0.15, -0.1) is 0 Å². The molecule has 0 unspecified atom stereocenters. The summed E-state index contributed by atoms with van der Waals surface area (Å²) in [5.41, 5.74) is 8.98. The summed E-state index contributed by atoms with van der Waals surface area (Å²) in [7, 11) is 0. The van der Waals surface area contributed by atoms with Crippen LogP contribution in [0, 0.1) is 13.8 Å². The van der Waals surface area contributed by atoms with Crippen molar-refractivity contribution in [2.24, 2.45) is 5.10 Å². The number of aryl methyl sites for hydroxylation is 2. The fraction of sp³-hybridized carbons (Fsp3) is 0.0606. The van der Waals surface area contributed by atoms with Crippen molar-refractivity contribution in [2.75, 3.05) is 9.91 Å². The van der Waals surface area contributed by atoms with E-state index in [1.165, 1.54) is 22.5 Å². The number of benzene rings is 5. The van der Waals surface area contributed by atoms with Crippen LogP contribution in [0.25, 0.3) is 0 Å². The Bertz CT molecular complexity index is 1360. The van der Waals surface area contributed by atoms with E-state index < -0.39 is 0 Å². The first-order valence-corrected chi connectivity index (χ1v) is 12.2. The molecule has 5 aromatic rings. The van der Waals surface area contributed by atoms with Crippen LogP contribution in [0.5, 0.6) is 0 Å². The number of hydrogen-bond acceptors (Lipinski definition) is 3. The first kappa shape index (κ1) is 23.1. The van der Waals surface area contributed by atoms with Crippen molar-refractivity contribution in [1.29, 1.82) is 0 Å². The minimum atomic E-state index is 1.02. The van der Waals surface area contributed by atoms with Crippen molar-refractivity contribution in [3.05, 3.63) is 150 Å². The Morgan fingerprint density at radius 1 is 0.472 bits per heavy atom. The van der Waals surface area contributed by atoms with E-state index in [0.29, 0.717) is 0 Å². The normalized spacial score (nSPS) is 10.9. The molecule has 0 N–H and O–H groups in total. The molecule has 0 saturated heterocycles. The lowest BCUT2D eigenvalue weighted by Gasteiger charge is -2.28. The second-order valence-electron chi connectivity index (χ2n) is 8.73. The molecule has 0 aliphatic carbocycles. The van der Waals surface area contributed by atoms with Crippen LogP contribution >= 0.6 is 0 Å². The summed E-state index contributed by atoms with van der Waals surface area (Å²) in [5, 5.41) is 6.81. The van der Waals surface area contributed by atoms with Crippen LogP contribution in [0.15, 0.2) is 139 Å². The summed E-state index contributed by atoms with van der Waals surface area (Å²) in [4.78, 5) is 2.33. The van der Waals surface area contributed by atoms with Crippen molar-refractivity contribution in [2.45, 2.75) is 13.8 Å². The Kier molecular flexibility index (Phi) is 6.90. The molecule has 3 heteroatoms. The van der Waals surface area contributed by atoms with Crippen LogP contribution in [-0.2, 0) is 0 Å². The third kappa shape index (κ3) is 5.06. The Balaban J connectivity index is 1.49. The zero-order valence-corrected chi connectivity index (χ0v) is 20.6. The van der Waals surface area contributed by atoms with Crippen LogP contribution < -0.4 is 9.91 Å². The molecule has 0 heterocycles. The van der Waals surface area contributed by atoms with Crippen molar-refractivity contribution >= 4 is 34.7 Å². The molecule has 5 aromatic carbocycles. The summed E-state index contributed by atoms with van der Waals surface area (Å²) in [5.74, 6) is 0. The van der Waals surface area contributed by atoms with Gasteiger partial charge in [-0.2, -0.15) is 5.10 Å². The molecule has 0 radical (unpaired) electrons. The standard InChI is InChI=1S/C33H29N3/c1-26-13-9-11-19-32(26)35(33-20-12-10-14-27(33)2)29-23-21-28(22-24-29)25-34-36(30-15-5-3-6-16-30)31-17-7-4-8-18-31/h3-25H,1-2H3. The lowest BCUT2D eigenvalue weighted by atomic mass is 10.1. The van der Waals surface area contributed by atoms with Crippen molar-refractivity contribution < 1.29 is 0 Å². The Labute approximate surface area is 213 Å². The van der Waals surface area contributed by atoms with Crippen LogP contribution in [0.4, 0.5) is 28.4 Å². The van der Waals surface area contributed by atoms with Gasteiger partial charge in [0.2, 0.25) is 0 Å². The predicted molar refractivity (Wildman–Crippen MR) is 153 cm³/mol. The van der Waals surface area contributed by atoms with Gasteiger partial charge in [0.25, 0.3) is 0 Å². The highest BCUT2D eigenvalue weighted by atomic mass is 15.5. The van der Waals surface area contributed by atoms with Crippen LogP contribution in [0.2, 0.25) is 0 Å². The van der Waals surface area contributed by atoms with Gasteiger partial charge in [0.15, 0.2) is 0 Å². The third-order valence-corrected chi connectivity index (χ3v) is 6.19. The SMILES string of the molecule is Cc1ccccc1N(c1ccc(C=NN(c2ccccc2)c2ccccc2)cc1)c1ccccc1C. The van der Waals surface area contributed by atoms with E-state index in [1.54, 1.807) is 0 Å². The smallest absolute Gasteiger partial charge is 0.0652 e. The van der Waals surface area contributed by atoms with Crippen molar-refractivity contribution in [1.82, 2.24) is 0 Å². The van der Waals surface area contributed by atoms with Gasteiger partial charge in [-0.05, 0) is 79.1 Å². The molecule has 0 bridgehead atoms. The molecule has 0 spiro atoms. The lowest BCUT2D eigenvalue weighted by molar-refractivity contribution is 1.09. The monoisotopic (exact) mass is 467 g/mol. The molecule has 0 aliphatic heterocycles. The second kappa shape index (κ2) is 10.7. The molecule has 0 aromatic heterocycles. The Morgan fingerprint density at radius 3 is 1.39 bits per heavy atom. The van der Waals surface area contributed by atoms with Gasteiger partial charge in [-0.25, -0.2) is 5.01 Å². The maximum absolute atomic E-state index is 4.85. The van der Waals surface area contributed by atoms with Gasteiger partial charge in [0.05, 0.1) is 17.6 Å². The quantitative estimate of drug-likeness (QED) is 0.176. The fourth-order valence-corrected chi connectivity index (χ4v) is 4.29. The van der Waals surface area contributed by atoms with Gasteiger partial charge in [0, 0.05) is 17.1 Å². The maximum Gasteiger partial charge on any atom is 0.0652 e. The summed E-state index contributed by atoms with van der Waals surface area (Å²) in [6.07, 6.45) is 1.91. The van der Waals surface area contributed by atoms with E-state index in [4.69, 9.17) is 5.10 Å². The average molecular weight is 468 g/mol. The molecule has 36 heavy (non-hydrogen) atoms. The number of nitrogens with zero attached hydrogens (tertiary/aromatic N) is 3. The average Bonchev–Trinajstić information content (AvgIpc) is 2.93. The van der Waals surface area contributed by atoms with Crippen LogP contribution in [-0.4, -0.2) is 6.21 Å². The summed E-state index contributed by atoms with van der Waals surface area (Å²) in [6.45, 7) is 4.31. The minimum absolute atomic E-state index is 1.02. The maximum atomic E-state index is 4.85. The van der Waals surface area contributed by atoms with E-state index in [1.807, 2.05) is 47.6 Å². The van der Waals surface area contributed by atoms with Crippen molar-refractivity contribution in [3.63, 3.8) is 0 Å². The third-order valence-electron chi connectivity index (χ3n) is 6.19. The summed E-state index contributed by atoms with van der Waals surface area (Å²) >= 11 is 0. The van der Waals surface area contributed by atoms with Crippen molar-refractivity contribution in [3.8, 4) is 0 Å². The summed E-state index contributed by atoms with van der Waals surface area (Å²) < 4.78 is 0. The molecule has 5 rings (SSSR count). The molecule has 3 nitrogen and oxygen atoms in total. The van der Waals surface area contributed by atoms with Gasteiger partial charge >= 0.3 is 0 Å². The van der Waals surface area contributed by atoms with Gasteiger partial charge in [0.1, 0.15) is 0 Å². The van der Waals surface area contributed by atoms with Gasteiger partial charge in [-0.3, -0.25) is 0 Å². The molecule has 0 atom stereocenters. The zero-order chi connectivity index (χ0) is 24.7. The molecule has 0 fully saturated rings. The van der Waals surface area contributed by atoms with E-state index in [-0.39, 0.29) is 0 Å². The van der Waals surface area contributed by atoms with E-state index >= 15 is 0 Å². The number of anilines is 5. The molecule has 0 amide bonds. The molecule has 0 saturated carbocycles. The highest BCUT2D eigenvalue weighted by Gasteiger charge is 2.15. The second-order valence-corrected chi connectivity index (χ2v) is 8.73. The molecule has 0 aliphatic rings. The molecular weight excluding hydrogens is 438 g/mol. The molecule has 176 valence electrons. The number of para-hydroxylation sites is 4. The van der Waals surface area contributed by atoms with E-state index in [0.717, 1.165) is 22.6 Å². The van der Waals surface area contributed by atoms with Gasteiger partial charge < -0.3 is 4.90 Å². The summed E-state index contributed by atoms with van der Waals surface area (Å²) in [6, 6.07) is 46.0. The van der Waals surface area contributed by atoms with E-state index in [9.17, 15) is 0 Å². The predicted octanol–water partition coefficient (Wildman–Crippen LogP) is 8.95. The first-order valence-electron chi connectivity index (χ1n) is 12.2. The lowest BCUT2D eigenvalue weighted by Crippen LogP contribution is -2.12.